The molecule has 1 aliphatic heterocycles. The first-order chi connectivity index (χ1) is 13.1. The maximum Gasteiger partial charge on any atom is 0.0703 e. The number of hydrogen-bond donors (Lipinski definition) is 0. The van der Waals surface area contributed by atoms with E-state index in [2.05, 4.69) is 65.7 Å². The Balaban J connectivity index is 1.64. The van der Waals surface area contributed by atoms with Gasteiger partial charge in [-0.2, -0.15) is 0 Å². The Labute approximate surface area is 161 Å². The van der Waals surface area contributed by atoms with Gasteiger partial charge < -0.3 is 9.30 Å². The third-order valence-electron chi connectivity index (χ3n) is 5.76. The molecule has 3 heterocycles. The van der Waals surface area contributed by atoms with Crippen LogP contribution < -0.4 is 0 Å². The van der Waals surface area contributed by atoms with Gasteiger partial charge in [0, 0.05) is 56.1 Å². The molecule has 3 aromatic rings. The molecule has 4 nitrogen and oxygen atoms in total. The molecule has 0 bridgehead atoms. The molecule has 4 rings (SSSR count). The molecule has 0 amide bonds. The van der Waals surface area contributed by atoms with Gasteiger partial charge in [-0.05, 0) is 56.0 Å². The fourth-order valence-electron chi connectivity index (χ4n) is 4.16. The van der Waals surface area contributed by atoms with E-state index in [4.69, 9.17) is 4.74 Å². The van der Waals surface area contributed by atoms with E-state index >= 15 is 0 Å². The van der Waals surface area contributed by atoms with Gasteiger partial charge in [-0.15, -0.1) is 0 Å². The molecule has 2 aromatic heterocycles. The van der Waals surface area contributed by atoms with Crippen LogP contribution in [0.4, 0.5) is 0 Å². The average molecular weight is 364 g/mol. The molecule has 0 saturated carbocycles. The number of aryl methyl sites for hydroxylation is 2. The highest BCUT2D eigenvalue weighted by molar-refractivity contribution is 5.86. The minimum atomic E-state index is 0.339. The number of aromatic nitrogens is 2. The zero-order chi connectivity index (χ0) is 18.8. The molecule has 4 heteroatoms. The first-order valence-electron chi connectivity index (χ1n) is 9.90. The number of nitrogens with zero attached hydrogens (tertiary/aromatic N) is 3. The molecule has 1 fully saturated rings. The number of fused-ring (bicyclic) bond motifs is 1. The van der Waals surface area contributed by atoms with Crippen LogP contribution in [0, 0.1) is 13.8 Å². The van der Waals surface area contributed by atoms with Crippen LogP contribution in [0.25, 0.3) is 10.9 Å². The van der Waals surface area contributed by atoms with E-state index in [1.54, 1.807) is 0 Å². The number of ether oxygens (including phenoxy) is 1. The van der Waals surface area contributed by atoms with Crippen LogP contribution in [0.1, 0.15) is 35.4 Å². The van der Waals surface area contributed by atoms with Crippen molar-refractivity contribution >= 4 is 10.9 Å². The van der Waals surface area contributed by atoms with Crippen LogP contribution >= 0.6 is 0 Å². The largest absolute Gasteiger partial charge is 0.377 e. The van der Waals surface area contributed by atoms with Crippen molar-refractivity contribution in [3.8, 4) is 0 Å². The van der Waals surface area contributed by atoms with Gasteiger partial charge in [0.15, 0.2) is 0 Å². The van der Waals surface area contributed by atoms with Crippen LogP contribution in [0.2, 0.25) is 0 Å². The standard InChI is InChI=1S/C23H29N3O/c1-17-9-10-21-22(18(2)25(3)23(21)13-17)16-26(15-20-8-6-12-27-20)14-19-7-4-5-11-24-19/h4-5,7,9-11,13,20H,6,8,12,14-16H2,1-3H3. The van der Waals surface area contributed by atoms with Gasteiger partial charge in [-0.1, -0.05) is 18.2 Å². The van der Waals surface area contributed by atoms with Crippen LogP contribution in [0.15, 0.2) is 42.6 Å². The van der Waals surface area contributed by atoms with Crippen LogP contribution in [-0.2, 0) is 24.9 Å². The summed E-state index contributed by atoms with van der Waals surface area (Å²) in [5.74, 6) is 0. The lowest BCUT2D eigenvalue weighted by atomic mass is 10.1. The molecule has 1 aliphatic rings. The summed E-state index contributed by atoms with van der Waals surface area (Å²) < 4.78 is 8.25. The maximum atomic E-state index is 5.93. The lowest BCUT2D eigenvalue weighted by Gasteiger charge is -2.25. The topological polar surface area (TPSA) is 30.3 Å². The van der Waals surface area contributed by atoms with Gasteiger partial charge >= 0.3 is 0 Å². The van der Waals surface area contributed by atoms with Gasteiger partial charge in [0.05, 0.1) is 11.8 Å². The predicted octanol–water partition coefficient (Wildman–Crippen LogP) is 4.37. The summed E-state index contributed by atoms with van der Waals surface area (Å²) in [4.78, 5) is 7.05. The highest BCUT2D eigenvalue weighted by Gasteiger charge is 2.22. The van der Waals surface area contributed by atoms with Crippen molar-refractivity contribution in [1.29, 1.82) is 0 Å². The molecular weight excluding hydrogens is 334 g/mol. The SMILES string of the molecule is Cc1ccc2c(CN(Cc3ccccn3)CC3CCCO3)c(C)n(C)c2c1. The zero-order valence-electron chi connectivity index (χ0n) is 16.6. The van der Waals surface area contributed by atoms with E-state index in [1.165, 1.54) is 34.1 Å². The Morgan fingerprint density at radius 3 is 2.81 bits per heavy atom. The highest BCUT2D eigenvalue weighted by Crippen LogP contribution is 2.28. The first kappa shape index (κ1) is 18.2. The Hall–Kier alpha value is -2.17. The van der Waals surface area contributed by atoms with Crippen molar-refractivity contribution in [2.45, 2.75) is 45.9 Å². The van der Waals surface area contributed by atoms with Crippen molar-refractivity contribution in [3.63, 3.8) is 0 Å². The van der Waals surface area contributed by atoms with Crippen LogP contribution in [-0.4, -0.2) is 33.7 Å². The summed E-state index contributed by atoms with van der Waals surface area (Å²) in [6, 6.07) is 12.9. The number of rotatable bonds is 6. The number of benzene rings is 1. The summed E-state index contributed by atoms with van der Waals surface area (Å²) in [5.41, 5.74) is 6.50. The normalized spacial score (nSPS) is 17.3. The van der Waals surface area contributed by atoms with E-state index in [0.29, 0.717) is 6.10 Å². The molecule has 1 saturated heterocycles. The van der Waals surface area contributed by atoms with Crippen molar-refractivity contribution in [3.05, 3.63) is 65.1 Å². The third-order valence-corrected chi connectivity index (χ3v) is 5.76. The van der Waals surface area contributed by atoms with Gasteiger partial charge in [0.2, 0.25) is 0 Å². The molecule has 1 aromatic carbocycles. The second kappa shape index (κ2) is 7.83. The average Bonchev–Trinajstić information content (AvgIpc) is 3.26. The Bertz CT molecular complexity index is 910. The second-order valence-electron chi connectivity index (χ2n) is 7.77. The van der Waals surface area contributed by atoms with Crippen molar-refractivity contribution < 1.29 is 4.74 Å². The molecule has 0 N–H and O–H groups in total. The van der Waals surface area contributed by atoms with Gasteiger partial charge in [0.1, 0.15) is 0 Å². The quantitative estimate of drug-likeness (QED) is 0.651. The predicted molar refractivity (Wildman–Crippen MR) is 110 cm³/mol. The van der Waals surface area contributed by atoms with E-state index in [1.807, 2.05) is 12.3 Å². The molecule has 27 heavy (non-hydrogen) atoms. The molecule has 0 aliphatic carbocycles. The fraction of sp³-hybridized carbons (Fsp3) is 0.435. The van der Waals surface area contributed by atoms with E-state index in [-0.39, 0.29) is 0 Å². The number of pyridine rings is 1. The Morgan fingerprint density at radius 2 is 2.07 bits per heavy atom. The lowest BCUT2D eigenvalue weighted by Crippen LogP contribution is -2.32. The summed E-state index contributed by atoms with van der Waals surface area (Å²) in [5, 5.41) is 1.36. The Morgan fingerprint density at radius 1 is 1.19 bits per heavy atom. The summed E-state index contributed by atoms with van der Waals surface area (Å²) in [7, 11) is 2.17. The van der Waals surface area contributed by atoms with E-state index in [0.717, 1.165) is 38.4 Å². The zero-order valence-corrected chi connectivity index (χ0v) is 16.6. The Kier molecular flexibility index (Phi) is 5.28. The number of hydrogen-bond acceptors (Lipinski definition) is 3. The van der Waals surface area contributed by atoms with Crippen molar-refractivity contribution in [2.75, 3.05) is 13.2 Å². The molecule has 1 unspecified atom stereocenters. The van der Waals surface area contributed by atoms with E-state index < -0.39 is 0 Å². The molecule has 142 valence electrons. The van der Waals surface area contributed by atoms with Crippen molar-refractivity contribution in [1.82, 2.24) is 14.5 Å². The van der Waals surface area contributed by atoms with Gasteiger partial charge in [-0.25, -0.2) is 0 Å². The third kappa shape index (κ3) is 3.92. The molecule has 0 radical (unpaired) electrons. The minimum Gasteiger partial charge on any atom is -0.377 e. The van der Waals surface area contributed by atoms with Crippen LogP contribution in [0.3, 0.4) is 0 Å². The molecular formula is C23H29N3O. The summed E-state index contributed by atoms with van der Waals surface area (Å²) >= 11 is 0. The second-order valence-corrected chi connectivity index (χ2v) is 7.77. The fourth-order valence-corrected chi connectivity index (χ4v) is 4.16. The molecule has 1 atom stereocenters. The summed E-state index contributed by atoms with van der Waals surface area (Å²) in [6.07, 6.45) is 4.55. The van der Waals surface area contributed by atoms with Crippen LogP contribution in [0.5, 0.6) is 0 Å². The minimum absolute atomic E-state index is 0.339. The summed E-state index contributed by atoms with van der Waals surface area (Å²) in [6.45, 7) is 8.01. The smallest absolute Gasteiger partial charge is 0.0703 e. The van der Waals surface area contributed by atoms with Crippen molar-refractivity contribution in [2.24, 2.45) is 7.05 Å². The lowest BCUT2D eigenvalue weighted by molar-refractivity contribution is 0.0675. The molecule has 0 spiro atoms. The monoisotopic (exact) mass is 363 g/mol. The maximum absolute atomic E-state index is 5.93. The van der Waals surface area contributed by atoms with Gasteiger partial charge in [-0.3, -0.25) is 9.88 Å². The highest BCUT2D eigenvalue weighted by atomic mass is 16.5. The van der Waals surface area contributed by atoms with Gasteiger partial charge in [0.25, 0.3) is 0 Å². The van der Waals surface area contributed by atoms with E-state index in [9.17, 15) is 0 Å². The first-order valence-corrected chi connectivity index (χ1v) is 9.90.